The van der Waals surface area contributed by atoms with Gasteiger partial charge in [-0.25, -0.2) is 13.6 Å². The minimum Gasteiger partial charge on any atom is -0.444 e. The molecule has 1 aliphatic rings. The van der Waals surface area contributed by atoms with Gasteiger partial charge in [0.25, 0.3) is 11.8 Å². The second kappa shape index (κ2) is 11.2. The van der Waals surface area contributed by atoms with E-state index in [0.29, 0.717) is 11.3 Å². The van der Waals surface area contributed by atoms with Crippen LogP contribution in [0.4, 0.5) is 13.6 Å². The van der Waals surface area contributed by atoms with Crippen molar-refractivity contribution in [1.82, 2.24) is 20.9 Å². The number of likely N-dealkylation sites (tertiary alicyclic amines) is 1. The lowest BCUT2D eigenvalue weighted by molar-refractivity contribution is -0.142. The van der Waals surface area contributed by atoms with Crippen LogP contribution in [0.15, 0.2) is 0 Å². The highest BCUT2D eigenvalue weighted by Gasteiger charge is 2.50. The molecule has 32 heavy (non-hydrogen) atoms. The Morgan fingerprint density at radius 2 is 1.75 bits per heavy atom. The Labute approximate surface area is 185 Å². The first-order valence-electron chi connectivity index (χ1n) is 10.5. The van der Waals surface area contributed by atoms with Gasteiger partial charge in [0.15, 0.2) is 0 Å². The molecule has 0 aliphatic carbocycles. The van der Waals surface area contributed by atoms with E-state index in [1.165, 1.54) is 0 Å². The minimum atomic E-state index is -3.33. The molecule has 12 heteroatoms. The molecule has 0 aromatic rings. The summed E-state index contributed by atoms with van der Waals surface area (Å²) in [5, 5.41) is 6.84. The number of alkyl halides is 2. The smallest absolute Gasteiger partial charge is 0.408 e. The number of hydrogen-bond acceptors (Lipinski definition) is 6. The molecular weight excluding hydrogens is 430 g/mol. The molecule has 0 saturated carbocycles. The van der Waals surface area contributed by atoms with Crippen molar-refractivity contribution >= 4 is 29.6 Å². The quantitative estimate of drug-likeness (QED) is 0.433. The summed E-state index contributed by atoms with van der Waals surface area (Å²) in [6.07, 6.45) is -1.28. The summed E-state index contributed by atoms with van der Waals surface area (Å²) >= 11 is 0. The number of ether oxygens (including phenoxy) is 1. The van der Waals surface area contributed by atoms with E-state index >= 15 is 0 Å². The standard InChI is InChI=1S/C20H32F2N4O6/c1-6-8-12(15(28)17(30)23-7-2)25-16(29)13-9-20(21,22)11-26(13)14(27)10-24-18(31)32-19(3,4)5/h12-13H,6-11H2,1-5H3,(H,23,30)(H,24,31)(H,25,29). The Bertz CT molecular complexity index is 738. The Morgan fingerprint density at radius 1 is 1.12 bits per heavy atom. The number of rotatable bonds is 9. The van der Waals surface area contributed by atoms with Gasteiger partial charge in [-0.05, 0) is 34.1 Å². The molecule has 0 aromatic heterocycles. The maximum Gasteiger partial charge on any atom is 0.408 e. The number of halogens is 2. The summed E-state index contributed by atoms with van der Waals surface area (Å²) in [5.41, 5.74) is -0.818. The van der Waals surface area contributed by atoms with Crippen LogP contribution < -0.4 is 16.0 Å². The van der Waals surface area contributed by atoms with E-state index in [1.807, 2.05) is 0 Å². The molecule has 0 aromatic carbocycles. The molecular formula is C20H32F2N4O6. The summed E-state index contributed by atoms with van der Waals surface area (Å²) in [5.74, 6) is -6.99. The predicted molar refractivity (Wildman–Crippen MR) is 110 cm³/mol. The Kier molecular flexibility index (Phi) is 9.52. The van der Waals surface area contributed by atoms with E-state index in [4.69, 9.17) is 4.74 Å². The van der Waals surface area contributed by atoms with Gasteiger partial charge < -0.3 is 25.6 Å². The Hall–Kier alpha value is -2.79. The fourth-order valence-electron chi connectivity index (χ4n) is 3.11. The second-order valence-corrected chi connectivity index (χ2v) is 8.53. The maximum atomic E-state index is 14.0. The molecule has 10 nitrogen and oxygen atoms in total. The van der Waals surface area contributed by atoms with Gasteiger partial charge in [-0.1, -0.05) is 13.3 Å². The van der Waals surface area contributed by atoms with Crippen LogP contribution in [0.1, 0.15) is 53.9 Å². The first-order chi connectivity index (χ1) is 14.7. The lowest BCUT2D eigenvalue weighted by Gasteiger charge is -2.26. The Balaban J connectivity index is 2.88. The average Bonchev–Trinajstić information content (AvgIpc) is 2.99. The third kappa shape index (κ3) is 8.39. The van der Waals surface area contributed by atoms with E-state index in [9.17, 15) is 32.8 Å². The van der Waals surface area contributed by atoms with Gasteiger partial charge in [0, 0.05) is 13.0 Å². The molecule has 4 amide bonds. The Morgan fingerprint density at radius 3 is 2.28 bits per heavy atom. The molecule has 1 aliphatic heterocycles. The van der Waals surface area contributed by atoms with Crippen LogP contribution in [-0.2, 0) is 23.9 Å². The number of likely N-dealkylation sites (N-methyl/N-ethyl adjacent to an activating group) is 1. The largest absolute Gasteiger partial charge is 0.444 e. The van der Waals surface area contributed by atoms with Crippen molar-refractivity contribution in [2.75, 3.05) is 19.6 Å². The van der Waals surface area contributed by atoms with E-state index in [-0.39, 0.29) is 13.0 Å². The van der Waals surface area contributed by atoms with E-state index in [2.05, 4.69) is 16.0 Å². The van der Waals surface area contributed by atoms with E-state index in [0.717, 1.165) is 0 Å². The van der Waals surface area contributed by atoms with E-state index < -0.39 is 72.7 Å². The van der Waals surface area contributed by atoms with Crippen molar-refractivity contribution in [1.29, 1.82) is 0 Å². The number of carbonyl (C=O) groups excluding carboxylic acids is 5. The zero-order chi connectivity index (χ0) is 24.7. The van der Waals surface area contributed by atoms with Crippen LogP contribution in [0.25, 0.3) is 0 Å². The highest BCUT2D eigenvalue weighted by atomic mass is 19.3. The zero-order valence-electron chi connectivity index (χ0n) is 19.0. The van der Waals surface area contributed by atoms with Gasteiger partial charge in [0.2, 0.25) is 17.6 Å². The molecule has 182 valence electrons. The first-order valence-corrected chi connectivity index (χ1v) is 10.5. The number of amides is 4. The SMILES string of the molecule is CCCC(NC(=O)C1CC(F)(F)CN1C(=O)CNC(=O)OC(C)(C)C)C(=O)C(=O)NCC. The molecule has 1 heterocycles. The maximum absolute atomic E-state index is 14.0. The number of Topliss-reactive ketones (excluding diaryl/α,β-unsaturated/α-hetero) is 1. The van der Waals surface area contributed by atoms with Gasteiger partial charge in [0.1, 0.15) is 18.2 Å². The number of nitrogens with one attached hydrogen (secondary N) is 3. The monoisotopic (exact) mass is 462 g/mol. The van der Waals surface area contributed by atoms with Crippen LogP contribution in [0.2, 0.25) is 0 Å². The van der Waals surface area contributed by atoms with Crippen LogP contribution in [0.5, 0.6) is 0 Å². The molecule has 0 spiro atoms. The van der Waals surface area contributed by atoms with Crippen LogP contribution in [0.3, 0.4) is 0 Å². The normalized spacial score (nSPS) is 18.5. The molecule has 1 rings (SSSR count). The highest BCUT2D eigenvalue weighted by Crippen LogP contribution is 2.32. The molecule has 1 fully saturated rings. The summed E-state index contributed by atoms with van der Waals surface area (Å²) < 4.78 is 33.1. The van der Waals surface area contributed by atoms with Crippen LogP contribution in [0, 0.1) is 0 Å². The summed E-state index contributed by atoms with van der Waals surface area (Å²) in [7, 11) is 0. The molecule has 2 unspecified atom stereocenters. The lowest BCUT2D eigenvalue weighted by Crippen LogP contribution is -2.54. The van der Waals surface area contributed by atoms with Gasteiger partial charge in [-0.3, -0.25) is 19.2 Å². The molecule has 0 bridgehead atoms. The van der Waals surface area contributed by atoms with Crippen molar-refractivity contribution in [2.45, 2.75) is 77.5 Å². The first kappa shape index (κ1) is 27.2. The van der Waals surface area contributed by atoms with Crippen LogP contribution in [-0.4, -0.2) is 77.7 Å². The summed E-state index contributed by atoms with van der Waals surface area (Å²) in [6, 6.07) is -2.76. The summed E-state index contributed by atoms with van der Waals surface area (Å²) in [4.78, 5) is 61.7. The average molecular weight is 462 g/mol. The van der Waals surface area contributed by atoms with Gasteiger partial charge >= 0.3 is 6.09 Å². The van der Waals surface area contributed by atoms with Crippen molar-refractivity contribution in [3.05, 3.63) is 0 Å². The number of alkyl carbamates (subject to hydrolysis) is 1. The molecule has 0 radical (unpaired) electrons. The third-order valence-corrected chi connectivity index (χ3v) is 4.45. The molecule has 3 N–H and O–H groups in total. The topological polar surface area (TPSA) is 134 Å². The predicted octanol–water partition coefficient (Wildman–Crippen LogP) is 0.737. The molecule has 2 atom stereocenters. The van der Waals surface area contributed by atoms with Crippen molar-refractivity contribution < 1.29 is 37.5 Å². The zero-order valence-corrected chi connectivity index (χ0v) is 19.0. The molecule has 1 saturated heterocycles. The fraction of sp³-hybridized carbons (Fsp3) is 0.750. The van der Waals surface area contributed by atoms with Gasteiger partial charge in [-0.15, -0.1) is 0 Å². The lowest BCUT2D eigenvalue weighted by atomic mass is 10.0. The third-order valence-electron chi connectivity index (χ3n) is 4.45. The second-order valence-electron chi connectivity index (χ2n) is 8.53. The van der Waals surface area contributed by atoms with Gasteiger partial charge in [-0.2, -0.15) is 0 Å². The highest BCUT2D eigenvalue weighted by molar-refractivity contribution is 6.38. The summed E-state index contributed by atoms with van der Waals surface area (Å²) in [6.45, 7) is 6.74. The number of nitrogens with zero attached hydrogens (tertiary/aromatic N) is 1. The fourth-order valence-corrected chi connectivity index (χ4v) is 3.11. The van der Waals surface area contributed by atoms with E-state index in [1.54, 1.807) is 34.6 Å². The van der Waals surface area contributed by atoms with Crippen molar-refractivity contribution in [3.63, 3.8) is 0 Å². The number of ketones is 1. The van der Waals surface area contributed by atoms with Crippen molar-refractivity contribution in [2.24, 2.45) is 0 Å². The number of carbonyl (C=O) groups is 5. The van der Waals surface area contributed by atoms with Crippen LogP contribution >= 0.6 is 0 Å². The minimum absolute atomic E-state index is 0.124. The van der Waals surface area contributed by atoms with Gasteiger partial charge in [0.05, 0.1) is 12.6 Å². The van der Waals surface area contributed by atoms with Crippen molar-refractivity contribution in [3.8, 4) is 0 Å². The number of hydrogen-bond donors (Lipinski definition) is 3.